The van der Waals surface area contributed by atoms with E-state index in [0.29, 0.717) is 0 Å². The van der Waals surface area contributed by atoms with Crippen molar-refractivity contribution in [1.82, 2.24) is 9.97 Å². The quantitative estimate of drug-likeness (QED) is 0.206. The molecule has 0 aliphatic heterocycles. The average Bonchev–Trinajstić information content (AvgIpc) is 2.91. The van der Waals surface area contributed by atoms with Crippen LogP contribution >= 0.6 is 7.92 Å². The first-order valence-corrected chi connectivity index (χ1v) is 15.4. The van der Waals surface area contributed by atoms with Gasteiger partial charge in [0, 0.05) is 16.9 Å². The Morgan fingerprint density at radius 1 is 0.575 bits per heavy atom. The lowest BCUT2D eigenvalue weighted by Gasteiger charge is -2.25. The molecule has 40 heavy (non-hydrogen) atoms. The Kier molecular flexibility index (Phi) is 6.99. The van der Waals surface area contributed by atoms with E-state index >= 15 is 0 Å². The Morgan fingerprint density at radius 2 is 1.12 bits per heavy atom. The van der Waals surface area contributed by atoms with E-state index in [-0.39, 0.29) is 5.92 Å². The Labute approximate surface area is 238 Å². The molecule has 0 amide bonds. The summed E-state index contributed by atoms with van der Waals surface area (Å²) in [5, 5.41) is 7.64. The van der Waals surface area contributed by atoms with Crippen molar-refractivity contribution in [3.63, 3.8) is 0 Å². The minimum atomic E-state index is -0.869. The van der Waals surface area contributed by atoms with Gasteiger partial charge in [-0.2, -0.15) is 0 Å². The van der Waals surface area contributed by atoms with Gasteiger partial charge in [-0.3, -0.25) is 0 Å². The normalized spacial score (nSPS) is 11.7. The summed E-state index contributed by atoms with van der Waals surface area (Å²) in [6, 6.07) is 36.0. The van der Waals surface area contributed by atoms with Crippen molar-refractivity contribution in [3.8, 4) is 11.3 Å². The van der Waals surface area contributed by atoms with Crippen molar-refractivity contribution in [3.05, 3.63) is 125 Å². The fourth-order valence-electron chi connectivity index (χ4n) is 5.83. The van der Waals surface area contributed by atoms with Crippen LogP contribution in [0.3, 0.4) is 0 Å². The van der Waals surface area contributed by atoms with Gasteiger partial charge in [0.15, 0.2) is 0 Å². The van der Waals surface area contributed by atoms with Crippen LogP contribution in [0.2, 0.25) is 0 Å². The summed E-state index contributed by atoms with van der Waals surface area (Å²) in [6.45, 7) is 13.2. The summed E-state index contributed by atoms with van der Waals surface area (Å²) in [5.74, 6) is 1.11. The fraction of sp³-hybridized carbons (Fsp3) is 0.189. The number of aromatic nitrogens is 2. The highest BCUT2D eigenvalue weighted by Crippen LogP contribution is 2.42. The molecule has 0 aliphatic rings. The molecule has 0 radical (unpaired) electrons. The SMILES string of the molecule is Cc1cc(C)cc(P(c2cc(C)cc(C)c2)c2ccc3ccccc3c2-c2nc(C(C)C)nc3ccccc23)c1. The molecule has 0 fully saturated rings. The lowest BCUT2D eigenvalue weighted by molar-refractivity contribution is 0.785. The zero-order valence-electron chi connectivity index (χ0n) is 24.2. The lowest BCUT2D eigenvalue weighted by atomic mass is 9.98. The van der Waals surface area contributed by atoms with Crippen LogP contribution in [0.25, 0.3) is 32.9 Å². The van der Waals surface area contributed by atoms with E-state index in [2.05, 4.69) is 139 Å². The molecule has 0 saturated heterocycles. The number of para-hydroxylation sites is 1. The first-order valence-electron chi connectivity index (χ1n) is 14.0. The highest BCUT2D eigenvalue weighted by atomic mass is 31.1. The summed E-state index contributed by atoms with van der Waals surface area (Å²) in [6.07, 6.45) is 0. The molecule has 1 heterocycles. The first-order chi connectivity index (χ1) is 19.3. The predicted octanol–water partition coefficient (Wildman–Crippen LogP) is 8.57. The number of benzene rings is 5. The smallest absolute Gasteiger partial charge is 0.132 e. The molecule has 6 aromatic rings. The summed E-state index contributed by atoms with van der Waals surface area (Å²) in [7, 11) is -0.869. The first kappa shape index (κ1) is 26.4. The molecule has 6 rings (SSSR count). The Balaban J connectivity index is 1.77. The van der Waals surface area contributed by atoms with Crippen molar-refractivity contribution >= 4 is 45.5 Å². The van der Waals surface area contributed by atoms with Crippen molar-refractivity contribution in [2.45, 2.75) is 47.5 Å². The second-order valence-electron chi connectivity index (χ2n) is 11.3. The summed E-state index contributed by atoms with van der Waals surface area (Å²) in [5.41, 5.74) is 8.43. The van der Waals surface area contributed by atoms with Gasteiger partial charge in [-0.25, -0.2) is 9.97 Å². The van der Waals surface area contributed by atoms with Gasteiger partial charge in [-0.15, -0.1) is 0 Å². The summed E-state index contributed by atoms with van der Waals surface area (Å²) >= 11 is 0. The maximum atomic E-state index is 5.32. The van der Waals surface area contributed by atoms with Crippen molar-refractivity contribution in [1.29, 1.82) is 0 Å². The Bertz CT molecular complexity index is 1790. The lowest BCUT2D eigenvalue weighted by Crippen LogP contribution is -2.24. The second kappa shape index (κ2) is 10.6. The van der Waals surface area contributed by atoms with Crippen LogP contribution in [0.15, 0.2) is 97.1 Å². The minimum absolute atomic E-state index is 0.224. The third-order valence-corrected chi connectivity index (χ3v) is 9.85. The maximum Gasteiger partial charge on any atom is 0.132 e. The zero-order chi connectivity index (χ0) is 28.0. The van der Waals surface area contributed by atoms with E-state index in [1.807, 2.05) is 0 Å². The monoisotopic (exact) mass is 538 g/mol. The van der Waals surface area contributed by atoms with Crippen molar-refractivity contribution in [2.75, 3.05) is 0 Å². The second-order valence-corrected chi connectivity index (χ2v) is 13.5. The fourth-order valence-corrected chi connectivity index (χ4v) is 8.68. The third kappa shape index (κ3) is 4.93. The van der Waals surface area contributed by atoms with Gasteiger partial charge in [0.1, 0.15) is 5.82 Å². The molecule has 0 atom stereocenters. The van der Waals surface area contributed by atoms with Gasteiger partial charge in [0.2, 0.25) is 0 Å². The van der Waals surface area contributed by atoms with Crippen LogP contribution in [-0.4, -0.2) is 9.97 Å². The van der Waals surface area contributed by atoms with Gasteiger partial charge in [0.05, 0.1) is 11.2 Å². The third-order valence-electron chi connectivity index (χ3n) is 7.45. The van der Waals surface area contributed by atoms with Crippen LogP contribution in [0.1, 0.15) is 47.8 Å². The van der Waals surface area contributed by atoms with Crippen molar-refractivity contribution in [2.24, 2.45) is 0 Å². The summed E-state index contributed by atoms with van der Waals surface area (Å²) in [4.78, 5) is 10.3. The largest absolute Gasteiger partial charge is 0.233 e. The molecular weight excluding hydrogens is 503 g/mol. The predicted molar refractivity (Wildman–Crippen MR) is 174 cm³/mol. The molecule has 2 nitrogen and oxygen atoms in total. The molecule has 0 spiro atoms. The van der Waals surface area contributed by atoms with E-state index < -0.39 is 7.92 Å². The van der Waals surface area contributed by atoms with E-state index in [1.54, 1.807) is 0 Å². The Morgan fingerprint density at radius 3 is 1.73 bits per heavy atom. The zero-order valence-corrected chi connectivity index (χ0v) is 25.1. The number of hydrogen-bond acceptors (Lipinski definition) is 2. The van der Waals surface area contributed by atoms with Gasteiger partial charge >= 0.3 is 0 Å². The van der Waals surface area contributed by atoms with Gasteiger partial charge < -0.3 is 0 Å². The highest BCUT2D eigenvalue weighted by molar-refractivity contribution is 7.80. The van der Waals surface area contributed by atoms with Crippen LogP contribution in [0.5, 0.6) is 0 Å². The standard InChI is InChI=1S/C37H35N2P/c1-23(2)37-38-33-14-10-9-13-32(33)36(39-37)35-31-12-8-7-11-28(31)15-16-34(35)40(29-19-24(3)17-25(4)20-29)30-21-26(5)18-27(6)22-30/h7-23H,1-6H3. The molecular formula is C37H35N2P. The topological polar surface area (TPSA) is 25.8 Å². The van der Waals surface area contributed by atoms with E-state index in [4.69, 9.17) is 9.97 Å². The molecule has 0 N–H and O–H groups in total. The number of rotatable bonds is 5. The molecule has 198 valence electrons. The molecule has 0 bridgehead atoms. The number of fused-ring (bicyclic) bond motifs is 2. The number of nitrogens with zero attached hydrogens (tertiary/aromatic N) is 2. The van der Waals surface area contributed by atoms with E-state index in [1.165, 1.54) is 54.5 Å². The van der Waals surface area contributed by atoms with E-state index in [0.717, 1.165) is 22.4 Å². The Hall–Kier alpha value is -3.87. The molecule has 0 saturated carbocycles. The van der Waals surface area contributed by atoms with Gasteiger partial charge in [-0.05, 0) is 68.4 Å². The summed E-state index contributed by atoms with van der Waals surface area (Å²) < 4.78 is 0. The number of hydrogen-bond donors (Lipinski definition) is 0. The van der Waals surface area contributed by atoms with Gasteiger partial charge in [-0.1, -0.05) is 127 Å². The highest BCUT2D eigenvalue weighted by Gasteiger charge is 2.25. The average molecular weight is 539 g/mol. The number of aryl methyl sites for hydroxylation is 4. The molecule has 3 heteroatoms. The molecule has 0 aliphatic carbocycles. The van der Waals surface area contributed by atoms with Crippen LogP contribution in [0.4, 0.5) is 0 Å². The molecule has 1 aromatic heterocycles. The van der Waals surface area contributed by atoms with Gasteiger partial charge in [0.25, 0.3) is 0 Å². The van der Waals surface area contributed by atoms with Crippen molar-refractivity contribution < 1.29 is 0 Å². The molecule has 5 aromatic carbocycles. The maximum absolute atomic E-state index is 5.32. The van der Waals surface area contributed by atoms with Crippen LogP contribution in [-0.2, 0) is 0 Å². The van der Waals surface area contributed by atoms with Crippen LogP contribution < -0.4 is 15.9 Å². The van der Waals surface area contributed by atoms with Crippen LogP contribution in [0, 0.1) is 27.7 Å². The molecule has 0 unspecified atom stereocenters. The minimum Gasteiger partial charge on any atom is -0.233 e. The van der Waals surface area contributed by atoms with E-state index in [9.17, 15) is 0 Å².